The van der Waals surface area contributed by atoms with Gasteiger partial charge in [0.05, 0.1) is 6.61 Å². The number of benzene rings is 2. The second-order valence-corrected chi connectivity index (χ2v) is 6.41. The molecule has 2 aromatic carbocycles. The molecule has 1 atom stereocenters. The minimum atomic E-state index is -0.414. The first-order valence-corrected chi connectivity index (χ1v) is 8.40. The van der Waals surface area contributed by atoms with Gasteiger partial charge in [0.15, 0.2) is 0 Å². The van der Waals surface area contributed by atoms with E-state index < -0.39 is 6.09 Å². The molecule has 0 bridgehead atoms. The van der Waals surface area contributed by atoms with Crippen LogP contribution in [0.1, 0.15) is 18.0 Å². The van der Waals surface area contributed by atoms with Crippen LogP contribution in [0.15, 0.2) is 48.5 Å². The number of carbonyl (C=O) groups is 1. The molecule has 0 aromatic heterocycles. The van der Waals surface area contributed by atoms with E-state index in [-0.39, 0.29) is 24.3 Å². The molecule has 0 saturated carbocycles. The number of ether oxygens (including phenoxy) is 2. The lowest BCUT2D eigenvalue weighted by Gasteiger charge is -2.25. The van der Waals surface area contributed by atoms with Gasteiger partial charge in [0.1, 0.15) is 17.3 Å². The van der Waals surface area contributed by atoms with Crippen LogP contribution in [-0.4, -0.2) is 50.7 Å². The summed E-state index contributed by atoms with van der Waals surface area (Å²) >= 11 is 0. The zero-order chi connectivity index (χ0) is 19.1. The van der Waals surface area contributed by atoms with E-state index in [0.29, 0.717) is 18.1 Å². The van der Waals surface area contributed by atoms with Gasteiger partial charge in [-0.3, -0.25) is 0 Å². The standard InChI is InChI=1S/C20H25FN2O3.ClH/c1-22(2)19(12-13-25-17-10-8-16(21)9-11-17)15-6-5-7-18(14-15)26-20(24)23(3)4;/h5-11,14,19H,12-13H2,1-4H3;1H. The second kappa shape index (κ2) is 10.7. The normalized spacial score (nSPS) is 11.5. The second-order valence-electron chi connectivity index (χ2n) is 6.41. The maximum Gasteiger partial charge on any atom is 0.414 e. The molecular weight excluding hydrogens is 371 g/mol. The van der Waals surface area contributed by atoms with Gasteiger partial charge in [0, 0.05) is 26.6 Å². The van der Waals surface area contributed by atoms with Gasteiger partial charge in [-0.2, -0.15) is 0 Å². The van der Waals surface area contributed by atoms with Crippen LogP contribution in [0.2, 0.25) is 0 Å². The number of rotatable bonds is 7. The molecule has 0 aliphatic heterocycles. The van der Waals surface area contributed by atoms with E-state index in [1.54, 1.807) is 32.3 Å². The fraction of sp³-hybridized carbons (Fsp3) is 0.350. The van der Waals surface area contributed by atoms with E-state index in [1.165, 1.54) is 17.0 Å². The summed E-state index contributed by atoms with van der Waals surface area (Å²) in [6.07, 6.45) is 0.318. The van der Waals surface area contributed by atoms with Crippen molar-refractivity contribution < 1.29 is 18.7 Å². The summed E-state index contributed by atoms with van der Waals surface area (Å²) in [5.74, 6) is 0.859. The molecule has 1 amide bonds. The number of hydrogen-bond acceptors (Lipinski definition) is 4. The zero-order valence-corrected chi connectivity index (χ0v) is 16.8. The molecule has 0 aliphatic rings. The smallest absolute Gasteiger partial charge is 0.414 e. The Morgan fingerprint density at radius 1 is 1.04 bits per heavy atom. The van der Waals surface area contributed by atoms with Crippen molar-refractivity contribution in [3.63, 3.8) is 0 Å². The minimum Gasteiger partial charge on any atom is -0.494 e. The highest BCUT2D eigenvalue weighted by molar-refractivity contribution is 5.85. The van der Waals surface area contributed by atoms with Crippen LogP contribution in [-0.2, 0) is 0 Å². The predicted molar refractivity (Wildman–Crippen MR) is 106 cm³/mol. The van der Waals surface area contributed by atoms with E-state index in [4.69, 9.17) is 9.47 Å². The molecule has 5 nitrogen and oxygen atoms in total. The molecule has 2 rings (SSSR count). The average Bonchev–Trinajstić information content (AvgIpc) is 2.60. The molecule has 0 N–H and O–H groups in total. The summed E-state index contributed by atoms with van der Waals surface area (Å²) in [6.45, 7) is 0.482. The summed E-state index contributed by atoms with van der Waals surface area (Å²) in [4.78, 5) is 15.2. The third-order valence-electron chi connectivity index (χ3n) is 3.91. The minimum absolute atomic E-state index is 0. The van der Waals surface area contributed by atoms with Crippen LogP contribution in [0, 0.1) is 5.82 Å². The van der Waals surface area contributed by atoms with Crippen molar-refractivity contribution in [2.24, 2.45) is 0 Å². The average molecular weight is 397 g/mol. The third kappa shape index (κ3) is 7.07. The Morgan fingerprint density at radius 2 is 1.70 bits per heavy atom. The van der Waals surface area contributed by atoms with Crippen molar-refractivity contribution >= 4 is 18.5 Å². The Bertz CT molecular complexity index is 723. The Labute approximate surface area is 166 Å². The topological polar surface area (TPSA) is 42.0 Å². The highest BCUT2D eigenvalue weighted by Gasteiger charge is 2.16. The first-order chi connectivity index (χ1) is 12.4. The van der Waals surface area contributed by atoms with E-state index >= 15 is 0 Å². The van der Waals surface area contributed by atoms with Gasteiger partial charge in [0.25, 0.3) is 0 Å². The SMILES string of the molecule is CN(C)C(=O)Oc1cccc(C(CCOc2ccc(F)cc2)N(C)C)c1.Cl. The quantitative estimate of drug-likeness (QED) is 0.696. The van der Waals surface area contributed by atoms with Crippen molar-refractivity contribution in [2.45, 2.75) is 12.5 Å². The summed E-state index contributed by atoms with van der Waals surface area (Å²) in [6, 6.07) is 13.6. The lowest BCUT2D eigenvalue weighted by Crippen LogP contribution is -2.25. The van der Waals surface area contributed by atoms with Crippen LogP contribution in [0.4, 0.5) is 9.18 Å². The van der Waals surface area contributed by atoms with Gasteiger partial charge in [-0.1, -0.05) is 12.1 Å². The van der Waals surface area contributed by atoms with E-state index in [1.807, 2.05) is 32.3 Å². The maximum absolute atomic E-state index is 12.9. The molecule has 148 valence electrons. The van der Waals surface area contributed by atoms with Crippen molar-refractivity contribution in [3.8, 4) is 11.5 Å². The van der Waals surface area contributed by atoms with E-state index in [2.05, 4.69) is 4.90 Å². The largest absolute Gasteiger partial charge is 0.494 e. The van der Waals surface area contributed by atoms with Gasteiger partial charge >= 0.3 is 6.09 Å². The van der Waals surface area contributed by atoms with Crippen LogP contribution in [0.3, 0.4) is 0 Å². The fourth-order valence-corrected chi connectivity index (χ4v) is 2.52. The first-order valence-electron chi connectivity index (χ1n) is 8.40. The first kappa shape index (κ1) is 22.7. The van der Waals surface area contributed by atoms with Crippen molar-refractivity contribution in [1.82, 2.24) is 9.80 Å². The molecule has 0 heterocycles. The van der Waals surface area contributed by atoms with Gasteiger partial charge in [0.2, 0.25) is 0 Å². The summed E-state index contributed by atoms with van der Waals surface area (Å²) in [5.41, 5.74) is 1.03. The lowest BCUT2D eigenvalue weighted by molar-refractivity contribution is 0.171. The summed E-state index contributed by atoms with van der Waals surface area (Å²) < 4.78 is 24.0. The number of halogens is 2. The number of hydrogen-bond donors (Lipinski definition) is 0. The highest BCUT2D eigenvalue weighted by atomic mass is 35.5. The Hall–Kier alpha value is -2.31. The molecule has 1 unspecified atom stereocenters. The van der Waals surface area contributed by atoms with E-state index in [9.17, 15) is 9.18 Å². The molecule has 2 aromatic rings. The maximum atomic E-state index is 12.9. The van der Waals surface area contributed by atoms with E-state index in [0.717, 1.165) is 12.0 Å². The van der Waals surface area contributed by atoms with Crippen LogP contribution >= 0.6 is 12.4 Å². The van der Waals surface area contributed by atoms with Crippen LogP contribution in [0.5, 0.6) is 11.5 Å². The lowest BCUT2D eigenvalue weighted by atomic mass is 10.0. The Kier molecular flexibility index (Phi) is 9.05. The number of amides is 1. The van der Waals surface area contributed by atoms with Crippen molar-refractivity contribution in [2.75, 3.05) is 34.8 Å². The fourth-order valence-electron chi connectivity index (χ4n) is 2.52. The Balaban J connectivity index is 0.00000364. The molecule has 27 heavy (non-hydrogen) atoms. The highest BCUT2D eigenvalue weighted by Crippen LogP contribution is 2.26. The molecule has 0 spiro atoms. The van der Waals surface area contributed by atoms with Crippen LogP contribution < -0.4 is 9.47 Å². The Morgan fingerprint density at radius 3 is 2.30 bits per heavy atom. The molecule has 0 aliphatic carbocycles. The third-order valence-corrected chi connectivity index (χ3v) is 3.91. The molecule has 7 heteroatoms. The molecule has 0 radical (unpaired) electrons. The number of nitrogens with zero attached hydrogens (tertiary/aromatic N) is 2. The molecule has 0 saturated heterocycles. The van der Waals surface area contributed by atoms with Crippen LogP contribution in [0.25, 0.3) is 0 Å². The van der Waals surface area contributed by atoms with Gasteiger partial charge in [-0.25, -0.2) is 9.18 Å². The monoisotopic (exact) mass is 396 g/mol. The van der Waals surface area contributed by atoms with Crippen molar-refractivity contribution in [3.05, 3.63) is 59.9 Å². The van der Waals surface area contributed by atoms with Gasteiger partial charge in [-0.05, 0) is 56.1 Å². The zero-order valence-electron chi connectivity index (χ0n) is 16.0. The molecular formula is C20H26ClFN2O3. The predicted octanol–water partition coefficient (Wildman–Crippen LogP) is 4.38. The summed E-state index contributed by atoms with van der Waals surface area (Å²) in [5, 5.41) is 0. The van der Waals surface area contributed by atoms with Gasteiger partial charge < -0.3 is 19.3 Å². The van der Waals surface area contributed by atoms with Crippen molar-refractivity contribution in [1.29, 1.82) is 0 Å². The molecule has 0 fully saturated rings. The summed E-state index contributed by atoms with van der Waals surface area (Å²) in [7, 11) is 7.26. The number of carbonyl (C=O) groups excluding carboxylic acids is 1. The van der Waals surface area contributed by atoms with Gasteiger partial charge in [-0.15, -0.1) is 12.4 Å².